The molecule has 0 aromatic heterocycles. The van der Waals surface area contributed by atoms with Gasteiger partial charge in [0, 0.05) is 10.2 Å². The van der Waals surface area contributed by atoms with Crippen LogP contribution in [0.1, 0.15) is 6.92 Å². The number of hydrogen-bond donors (Lipinski definition) is 1. The second-order valence-electron chi connectivity index (χ2n) is 2.16. The van der Waals surface area contributed by atoms with Gasteiger partial charge in [-0.1, -0.05) is 18.5 Å². The summed E-state index contributed by atoms with van der Waals surface area (Å²) >= 11 is 6.83. The molecule has 1 aromatic rings. The van der Waals surface area contributed by atoms with Gasteiger partial charge in [-0.05, 0) is 30.0 Å². The maximum Gasteiger partial charge on any atom is 0.0736 e. The third-order valence-corrected chi connectivity index (χ3v) is 2.04. The summed E-state index contributed by atoms with van der Waals surface area (Å²) in [6, 6.07) is 7.40. The summed E-state index contributed by atoms with van der Waals surface area (Å²) in [5, 5.41) is 3.66. The van der Waals surface area contributed by atoms with Crippen LogP contribution < -0.4 is 0 Å². The maximum absolute atomic E-state index is 5.71. The highest BCUT2D eigenvalue weighted by Gasteiger charge is 1.86. The smallest absolute Gasteiger partial charge is 0.0736 e. The molecular weight excluding hydrogens is 190 g/mol. The van der Waals surface area contributed by atoms with E-state index in [0.717, 1.165) is 27.8 Å². The zero-order valence-corrected chi connectivity index (χ0v) is 8.44. The van der Waals surface area contributed by atoms with Crippen LogP contribution in [0.5, 0.6) is 0 Å². The summed E-state index contributed by atoms with van der Waals surface area (Å²) in [5.41, 5.74) is 0.903. The number of aliphatic imine (C=N–C) groups is 1. The van der Waals surface area contributed by atoms with E-state index in [9.17, 15) is 0 Å². The van der Waals surface area contributed by atoms with E-state index < -0.39 is 0 Å². The number of rotatable bonds is 2. The van der Waals surface area contributed by atoms with Gasteiger partial charge in [-0.25, -0.2) is 4.99 Å². The molecule has 1 aromatic carbocycles. The van der Waals surface area contributed by atoms with Crippen LogP contribution in [0, 0.1) is 0 Å². The van der Waals surface area contributed by atoms with Crippen LogP contribution in [0.4, 0.5) is 5.69 Å². The number of thiol groups is 1. The number of halogens is 1. The summed E-state index contributed by atoms with van der Waals surface area (Å²) in [7, 11) is 0. The molecule has 0 aliphatic carbocycles. The normalized spacial score (nSPS) is 9.17. The van der Waals surface area contributed by atoms with Gasteiger partial charge in [0.2, 0.25) is 0 Å². The van der Waals surface area contributed by atoms with Gasteiger partial charge in [0.25, 0.3) is 0 Å². The van der Waals surface area contributed by atoms with Gasteiger partial charge in [0.15, 0.2) is 0 Å². The average Bonchev–Trinajstić information content (AvgIpc) is 2.09. The molecular formula is C9H10ClNS. The van der Waals surface area contributed by atoms with Crippen LogP contribution >= 0.6 is 23.0 Å². The van der Waals surface area contributed by atoms with Crippen molar-refractivity contribution >= 4 is 33.8 Å². The van der Waals surface area contributed by atoms with E-state index >= 15 is 0 Å². The zero-order chi connectivity index (χ0) is 8.81. The fourth-order valence-corrected chi connectivity index (χ4v) is 1.13. The Morgan fingerprint density at radius 2 is 2.08 bits per heavy atom. The molecule has 64 valence electrons. The van der Waals surface area contributed by atoms with E-state index in [0.29, 0.717) is 0 Å². The van der Waals surface area contributed by atoms with Crippen molar-refractivity contribution in [3.8, 4) is 0 Å². The van der Waals surface area contributed by atoms with Crippen LogP contribution in [0.15, 0.2) is 29.3 Å². The average molecular weight is 200 g/mol. The predicted octanol–water partition coefficient (Wildman–Crippen LogP) is 3.36. The Morgan fingerprint density at radius 1 is 1.42 bits per heavy atom. The molecule has 0 fully saturated rings. The summed E-state index contributed by atoms with van der Waals surface area (Å²) in [6.45, 7) is 2.09. The minimum atomic E-state index is 0.738. The van der Waals surface area contributed by atoms with E-state index in [1.165, 1.54) is 0 Å². The first kappa shape index (κ1) is 9.53. The lowest BCUT2D eigenvalue weighted by molar-refractivity contribution is 1.54. The van der Waals surface area contributed by atoms with Crippen LogP contribution in [0.2, 0.25) is 5.02 Å². The number of hydrogen-bond acceptors (Lipinski definition) is 1. The molecule has 0 atom stereocenters. The molecule has 0 radical (unpaired) electrons. The molecule has 1 rings (SSSR count). The number of benzene rings is 1. The van der Waals surface area contributed by atoms with Gasteiger partial charge in [-0.15, -0.1) is 11.4 Å². The standard InChI is InChI=1S/C9H10ClNS/c1-2-12-7-11-9-5-3-8(10)4-6-9/h3-6,12H,2H2,1H3. The van der Waals surface area contributed by atoms with Gasteiger partial charge in [0.1, 0.15) is 0 Å². The quantitative estimate of drug-likeness (QED) is 0.426. The molecule has 3 heteroatoms. The third-order valence-electron chi connectivity index (χ3n) is 1.23. The highest BCUT2D eigenvalue weighted by atomic mass is 35.5. The highest BCUT2D eigenvalue weighted by Crippen LogP contribution is 2.15. The van der Waals surface area contributed by atoms with Crippen molar-refractivity contribution in [3.05, 3.63) is 29.3 Å². The molecule has 0 aliphatic rings. The lowest BCUT2D eigenvalue weighted by atomic mass is 10.3. The molecule has 0 saturated heterocycles. The summed E-state index contributed by atoms with van der Waals surface area (Å²) < 4.78 is 0. The van der Waals surface area contributed by atoms with Crippen LogP contribution in [0.25, 0.3) is 0 Å². The third kappa shape index (κ3) is 3.22. The van der Waals surface area contributed by atoms with E-state index in [4.69, 9.17) is 11.6 Å². The number of isothiocyanates is 1. The molecule has 0 spiro atoms. The highest BCUT2D eigenvalue weighted by molar-refractivity contribution is 7.96. The summed E-state index contributed by atoms with van der Waals surface area (Å²) in [6.07, 6.45) is 0. The maximum atomic E-state index is 5.71. The predicted molar refractivity (Wildman–Crippen MR) is 58.1 cm³/mol. The molecule has 1 nitrogen and oxygen atoms in total. The Labute approximate surface area is 81.1 Å². The minimum absolute atomic E-state index is 0.738. The molecule has 0 unspecified atom stereocenters. The van der Waals surface area contributed by atoms with Gasteiger partial charge in [-0.2, -0.15) is 0 Å². The van der Waals surface area contributed by atoms with E-state index in [1.807, 2.05) is 24.3 Å². The largest absolute Gasteiger partial charge is 0.200 e. The Bertz CT molecular complexity index is 299. The van der Waals surface area contributed by atoms with Crippen molar-refractivity contribution in [2.45, 2.75) is 6.92 Å². The lowest BCUT2D eigenvalue weighted by Crippen LogP contribution is -1.63. The molecule has 12 heavy (non-hydrogen) atoms. The molecule has 0 aliphatic heterocycles. The zero-order valence-electron chi connectivity index (χ0n) is 6.79. The van der Waals surface area contributed by atoms with Crippen molar-refractivity contribution < 1.29 is 0 Å². The Hall–Kier alpha value is -0.560. The minimum Gasteiger partial charge on any atom is -0.200 e. The first-order valence-corrected chi connectivity index (χ1v) is 5.16. The van der Waals surface area contributed by atoms with Gasteiger partial charge >= 0.3 is 0 Å². The number of nitrogens with zero attached hydrogens (tertiary/aromatic N) is 1. The lowest BCUT2D eigenvalue weighted by Gasteiger charge is -1.89. The molecule has 0 bridgehead atoms. The van der Waals surface area contributed by atoms with Crippen LogP contribution in [0.3, 0.4) is 0 Å². The van der Waals surface area contributed by atoms with Gasteiger partial charge < -0.3 is 0 Å². The van der Waals surface area contributed by atoms with Crippen LogP contribution in [-0.4, -0.2) is 10.9 Å². The van der Waals surface area contributed by atoms with Crippen molar-refractivity contribution in [1.82, 2.24) is 0 Å². The Kier molecular flexibility index (Phi) is 4.09. The van der Waals surface area contributed by atoms with Crippen molar-refractivity contribution in [2.75, 3.05) is 5.75 Å². The van der Waals surface area contributed by atoms with Crippen molar-refractivity contribution in [2.24, 2.45) is 4.99 Å². The second kappa shape index (κ2) is 5.15. The fraction of sp³-hybridized carbons (Fsp3) is 0.222. The molecule has 0 amide bonds. The molecule has 0 saturated carbocycles. The first-order valence-electron chi connectivity index (χ1n) is 3.70. The Morgan fingerprint density at radius 3 is 2.67 bits per heavy atom. The van der Waals surface area contributed by atoms with E-state index in [-0.39, 0.29) is 0 Å². The van der Waals surface area contributed by atoms with Crippen molar-refractivity contribution in [3.63, 3.8) is 0 Å². The van der Waals surface area contributed by atoms with Crippen molar-refractivity contribution in [1.29, 1.82) is 0 Å². The topological polar surface area (TPSA) is 12.4 Å². The summed E-state index contributed by atoms with van der Waals surface area (Å²) in [4.78, 5) is 4.12. The summed E-state index contributed by atoms with van der Waals surface area (Å²) in [5.74, 6) is 1.05. The monoisotopic (exact) mass is 199 g/mol. The van der Waals surface area contributed by atoms with E-state index in [2.05, 4.69) is 17.1 Å². The Balaban J connectivity index is 2.77. The van der Waals surface area contributed by atoms with Gasteiger partial charge in [-0.3, -0.25) is 0 Å². The SMILES string of the molecule is CC[SH]=C=Nc1ccc(Cl)cc1. The first-order chi connectivity index (χ1) is 5.83. The molecule has 0 heterocycles. The second-order valence-corrected chi connectivity index (χ2v) is 3.75. The fourth-order valence-electron chi connectivity index (χ4n) is 0.679. The van der Waals surface area contributed by atoms with Crippen LogP contribution in [-0.2, 0) is 0 Å². The molecule has 0 N–H and O–H groups in total. The van der Waals surface area contributed by atoms with E-state index in [1.54, 1.807) is 0 Å². The van der Waals surface area contributed by atoms with Gasteiger partial charge in [0.05, 0.1) is 5.69 Å².